The molecule has 21 heavy (non-hydrogen) atoms. The number of rotatable bonds is 3. The van der Waals surface area contributed by atoms with E-state index in [0.29, 0.717) is 25.9 Å². The van der Waals surface area contributed by atoms with Crippen LogP contribution < -0.4 is 5.73 Å². The maximum atomic E-state index is 13.9. The molecule has 1 heterocycles. The Labute approximate surface area is 124 Å². The van der Waals surface area contributed by atoms with Gasteiger partial charge in [0.1, 0.15) is 4.90 Å². The Bertz CT molecular complexity index is 635. The van der Waals surface area contributed by atoms with Crippen molar-refractivity contribution in [3.8, 4) is 0 Å². The Hall–Kier alpha value is -1.05. The molecule has 4 nitrogen and oxygen atoms in total. The maximum absolute atomic E-state index is 13.9. The zero-order valence-corrected chi connectivity index (χ0v) is 13.0. The Balaban J connectivity index is 2.39. The second-order valence-corrected chi connectivity index (χ2v) is 8.07. The zero-order chi connectivity index (χ0) is 15.8. The highest BCUT2D eigenvalue weighted by Crippen LogP contribution is 2.33. The van der Waals surface area contributed by atoms with Crippen LogP contribution in [-0.4, -0.2) is 25.8 Å². The summed E-state index contributed by atoms with van der Waals surface area (Å²) in [6.45, 7) is 4.69. The van der Waals surface area contributed by atoms with Crippen molar-refractivity contribution in [3.05, 3.63) is 29.3 Å². The summed E-state index contributed by atoms with van der Waals surface area (Å²) in [5.41, 5.74) is 5.72. The van der Waals surface area contributed by atoms with Crippen LogP contribution in [0.25, 0.3) is 0 Å². The van der Waals surface area contributed by atoms with Crippen molar-refractivity contribution < 1.29 is 17.2 Å². The molecule has 0 atom stereocenters. The Morgan fingerprint density at radius 3 is 2.33 bits per heavy atom. The largest absolute Gasteiger partial charge is 0.326 e. The van der Waals surface area contributed by atoms with Crippen molar-refractivity contribution in [3.63, 3.8) is 0 Å². The number of piperidine rings is 1. The van der Waals surface area contributed by atoms with Gasteiger partial charge in [-0.1, -0.05) is 13.8 Å². The molecule has 0 spiro atoms. The van der Waals surface area contributed by atoms with Crippen LogP contribution in [0.15, 0.2) is 17.0 Å². The third-order valence-corrected chi connectivity index (χ3v) is 5.88. The molecule has 1 aliphatic rings. The molecule has 118 valence electrons. The summed E-state index contributed by atoms with van der Waals surface area (Å²) < 4.78 is 53.7. The van der Waals surface area contributed by atoms with Gasteiger partial charge in [0.25, 0.3) is 0 Å². The molecule has 2 rings (SSSR count). The molecule has 0 radical (unpaired) electrons. The molecule has 1 fully saturated rings. The van der Waals surface area contributed by atoms with Gasteiger partial charge in [0.05, 0.1) is 0 Å². The summed E-state index contributed by atoms with van der Waals surface area (Å²) in [7, 11) is -4.04. The van der Waals surface area contributed by atoms with E-state index in [1.807, 2.05) is 0 Å². The van der Waals surface area contributed by atoms with Gasteiger partial charge in [-0.3, -0.25) is 0 Å². The molecule has 1 aromatic rings. The van der Waals surface area contributed by atoms with E-state index in [9.17, 15) is 17.2 Å². The minimum atomic E-state index is -4.04. The lowest BCUT2D eigenvalue weighted by atomic mass is 9.83. The van der Waals surface area contributed by atoms with Gasteiger partial charge in [-0.2, -0.15) is 4.31 Å². The number of hydrogen-bond donors (Lipinski definition) is 1. The summed E-state index contributed by atoms with van der Waals surface area (Å²) in [5.74, 6) is -2.52. The normalized spacial score (nSPS) is 19.7. The van der Waals surface area contributed by atoms with Crippen LogP contribution in [0, 0.1) is 17.0 Å². The molecule has 2 N–H and O–H groups in total. The highest BCUT2D eigenvalue weighted by Gasteiger charge is 2.35. The van der Waals surface area contributed by atoms with Gasteiger partial charge in [-0.15, -0.1) is 0 Å². The molecular formula is C14H20F2N2O2S. The molecule has 1 aliphatic heterocycles. The number of sulfonamides is 1. The number of nitrogens with zero attached hydrogens (tertiary/aromatic N) is 1. The van der Waals surface area contributed by atoms with Crippen LogP contribution in [0.2, 0.25) is 0 Å². The third kappa shape index (κ3) is 3.25. The molecule has 1 aromatic carbocycles. The van der Waals surface area contributed by atoms with E-state index in [2.05, 4.69) is 13.8 Å². The van der Waals surface area contributed by atoms with E-state index in [0.717, 1.165) is 12.1 Å². The summed E-state index contributed by atoms with van der Waals surface area (Å²) >= 11 is 0. The molecule has 0 aromatic heterocycles. The lowest BCUT2D eigenvalue weighted by molar-refractivity contribution is 0.195. The van der Waals surface area contributed by atoms with Crippen LogP contribution in [0.5, 0.6) is 0 Å². The highest BCUT2D eigenvalue weighted by molar-refractivity contribution is 7.89. The first-order chi connectivity index (χ1) is 9.67. The van der Waals surface area contributed by atoms with Crippen LogP contribution in [0.3, 0.4) is 0 Å². The lowest BCUT2D eigenvalue weighted by Gasteiger charge is -2.36. The topological polar surface area (TPSA) is 63.4 Å². The van der Waals surface area contributed by atoms with Crippen molar-refractivity contribution in [2.24, 2.45) is 11.1 Å². The minimum absolute atomic E-state index is 0.0489. The molecule has 7 heteroatoms. The quantitative estimate of drug-likeness (QED) is 0.929. The summed E-state index contributed by atoms with van der Waals surface area (Å²) in [5, 5.41) is 0. The number of benzene rings is 1. The molecule has 0 bridgehead atoms. The van der Waals surface area contributed by atoms with Crippen molar-refractivity contribution >= 4 is 10.0 Å². The van der Waals surface area contributed by atoms with Crippen molar-refractivity contribution in [2.45, 2.75) is 38.1 Å². The fourth-order valence-electron chi connectivity index (χ4n) is 2.39. The zero-order valence-electron chi connectivity index (χ0n) is 12.2. The SMILES string of the molecule is CC1(C)CCN(S(=O)(=O)c2cc(CN)cc(F)c2F)CC1. The number of halogens is 2. The second kappa shape index (κ2) is 5.62. The first-order valence-corrected chi connectivity index (χ1v) is 8.29. The highest BCUT2D eigenvalue weighted by atomic mass is 32.2. The molecule has 0 amide bonds. The van der Waals surface area contributed by atoms with Crippen LogP contribution in [-0.2, 0) is 16.6 Å². The first-order valence-electron chi connectivity index (χ1n) is 6.85. The van der Waals surface area contributed by atoms with Crippen LogP contribution in [0.4, 0.5) is 8.78 Å². The van der Waals surface area contributed by atoms with Gasteiger partial charge in [0, 0.05) is 19.6 Å². The van der Waals surface area contributed by atoms with E-state index in [1.165, 1.54) is 4.31 Å². The van der Waals surface area contributed by atoms with E-state index in [1.54, 1.807) is 0 Å². The van der Waals surface area contributed by atoms with Crippen molar-refractivity contribution in [1.82, 2.24) is 4.31 Å². The maximum Gasteiger partial charge on any atom is 0.246 e. The molecule has 0 unspecified atom stereocenters. The lowest BCUT2D eigenvalue weighted by Crippen LogP contribution is -2.41. The van der Waals surface area contributed by atoms with Crippen molar-refractivity contribution in [1.29, 1.82) is 0 Å². The average Bonchev–Trinajstić information content (AvgIpc) is 2.41. The Morgan fingerprint density at radius 1 is 1.24 bits per heavy atom. The Morgan fingerprint density at radius 2 is 1.81 bits per heavy atom. The number of hydrogen-bond acceptors (Lipinski definition) is 3. The summed E-state index contributed by atoms with van der Waals surface area (Å²) in [4.78, 5) is -0.623. The van der Waals surface area contributed by atoms with Gasteiger partial charge >= 0.3 is 0 Å². The van der Waals surface area contributed by atoms with Gasteiger partial charge in [-0.05, 0) is 36.0 Å². The molecule has 1 saturated heterocycles. The van der Waals surface area contributed by atoms with Crippen LogP contribution in [0.1, 0.15) is 32.3 Å². The molecule has 0 aliphatic carbocycles. The smallest absolute Gasteiger partial charge is 0.246 e. The van der Waals surface area contributed by atoms with Gasteiger partial charge < -0.3 is 5.73 Å². The molecule has 0 saturated carbocycles. The monoisotopic (exact) mass is 318 g/mol. The Kier molecular flexibility index (Phi) is 4.37. The fourth-order valence-corrected chi connectivity index (χ4v) is 3.96. The van der Waals surface area contributed by atoms with Gasteiger partial charge in [0.15, 0.2) is 11.6 Å². The third-order valence-electron chi connectivity index (χ3n) is 3.98. The van der Waals surface area contributed by atoms with Crippen LogP contribution >= 0.6 is 0 Å². The predicted octanol–water partition coefficient (Wildman–Crippen LogP) is 2.23. The van der Waals surface area contributed by atoms with E-state index < -0.39 is 26.6 Å². The fraction of sp³-hybridized carbons (Fsp3) is 0.571. The van der Waals surface area contributed by atoms with E-state index >= 15 is 0 Å². The average molecular weight is 318 g/mol. The minimum Gasteiger partial charge on any atom is -0.326 e. The molecular weight excluding hydrogens is 298 g/mol. The number of nitrogens with two attached hydrogens (primary N) is 1. The standard InChI is InChI=1S/C14H20F2N2O2S/c1-14(2)3-5-18(6-4-14)21(19,20)12-8-10(9-17)7-11(15)13(12)16/h7-8H,3-6,9,17H2,1-2H3. The van der Waals surface area contributed by atoms with E-state index in [4.69, 9.17) is 5.73 Å². The van der Waals surface area contributed by atoms with Gasteiger partial charge in [-0.25, -0.2) is 17.2 Å². The van der Waals surface area contributed by atoms with E-state index in [-0.39, 0.29) is 17.5 Å². The second-order valence-electron chi connectivity index (χ2n) is 6.16. The van der Waals surface area contributed by atoms with Gasteiger partial charge in [0.2, 0.25) is 10.0 Å². The summed E-state index contributed by atoms with van der Waals surface area (Å²) in [6.07, 6.45) is 1.37. The first kappa shape index (κ1) is 16.3. The predicted molar refractivity (Wildman–Crippen MR) is 76.0 cm³/mol. The van der Waals surface area contributed by atoms with Crippen molar-refractivity contribution in [2.75, 3.05) is 13.1 Å². The summed E-state index contributed by atoms with van der Waals surface area (Å²) in [6, 6.07) is 2.04.